The monoisotopic (exact) mass is 281 g/mol. The SMILES string of the molecule is CCC(C)C(c1ccccc1)C(N)CCc1ccccc1. The molecule has 0 heterocycles. The van der Waals surface area contributed by atoms with Gasteiger partial charge in [-0.15, -0.1) is 0 Å². The molecular formula is C20H27N. The lowest BCUT2D eigenvalue weighted by atomic mass is 9.79. The minimum absolute atomic E-state index is 0.211. The van der Waals surface area contributed by atoms with Crippen LogP contribution in [0.3, 0.4) is 0 Å². The lowest BCUT2D eigenvalue weighted by Crippen LogP contribution is -2.33. The summed E-state index contributed by atoms with van der Waals surface area (Å²) in [6.07, 6.45) is 3.26. The molecule has 0 saturated heterocycles. The zero-order chi connectivity index (χ0) is 15.1. The van der Waals surface area contributed by atoms with E-state index in [0.717, 1.165) is 12.8 Å². The summed E-state index contributed by atoms with van der Waals surface area (Å²) in [5, 5.41) is 0. The molecule has 2 N–H and O–H groups in total. The van der Waals surface area contributed by atoms with Gasteiger partial charge < -0.3 is 5.73 Å². The van der Waals surface area contributed by atoms with E-state index in [0.29, 0.717) is 11.8 Å². The van der Waals surface area contributed by atoms with Crippen molar-refractivity contribution in [2.75, 3.05) is 0 Å². The Morgan fingerprint density at radius 3 is 2.05 bits per heavy atom. The first-order chi connectivity index (χ1) is 10.2. The van der Waals surface area contributed by atoms with Crippen LogP contribution >= 0.6 is 0 Å². The molecule has 1 nitrogen and oxygen atoms in total. The number of hydrogen-bond donors (Lipinski definition) is 1. The third kappa shape index (κ3) is 4.44. The largest absolute Gasteiger partial charge is 0.327 e. The molecule has 0 saturated carbocycles. The van der Waals surface area contributed by atoms with Gasteiger partial charge in [-0.1, -0.05) is 80.9 Å². The van der Waals surface area contributed by atoms with Gasteiger partial charge >= 0.3 is 0 Å². The standard InChI is InChI=1S/C20H27N/c1-3-16(2)20(18-12-8-5-9-13-18)19(21)15-14-17-10-6-4-7-11-17/h4-13,16,19-20H,3,14-15,21H2,1-2H3. The van der Waals surface area contributed by atoms with Crippen molar-refractivity contribution in [2.24, 2.45) is 11.7 Å². The van der Waals surface area contributed by atoms with Crippen LogP contribution in [0.25, 0.3) is 0 Å². The molecule has 3 unspecified atom stereocenters. The van der Waals surface area contributed by atoms with Gasteiger partial charge in [-0.2, -0.15) is 0 Å². The Bertz CT molecular complexity index is 506. The Labute approximate surface area is 129 Å². The Balaban J connectivity index is 2.06. The topological polar surface area (TPSA) is 26.0 Å². The molecule has 0 amide bonds. The number of hydrogen-bond acceptors (Lipinski definition) is 1. The van der Waals surface area contributed by atoms with Crippen molar-refractivity contribution in [3.8, 4) is 0 Å². The molecule has 0 aliphatic rings. The molecular weight excluding hydrogens is 254 g/mol. The Morgan fingerprint density at radius 2 is 1.48 bits per heavy atom. The first kappa shape index (κ1) is 15.8. The van der Waals surface area contributed by atoms with Crippen LogP contribution in [0.4, 0.5) is 0 Å². The van der Waals surface area contributed by atoms with E-state index in [9.17, 15) is 0 Å². The van der Waals surface area contributed by atoms with Crippen molar-refractivity contribution in [2.45, 2.75) is 45.1 Å². The zero-order valence-electron chi connectivity index (χ0n) is 13.2. The van der Waals surface area contributed by atoms with E-state index < -0.39 is 0 Å². The van der Waals surface area contributed by atoms with Gasteiger partial charge in [0.05, 0.1) is 0 Å². The van der Waals surface area contributed by atoms with Gasteiger partial charge in [-0.05, 0) is 29.9 Å². The molecule has 3 atom stereocenters. The number of aryl methyl sites for hydroxylation is 1. The van der Waals surface area contributed by atoms with Gasteiger partial charge in [0.15, 0.2) is 0 Å². The minimum Gasteiger partial charge on any atom is -0.327 e. The maximum absolute atomic E-state index is 6.57. The molecule has 0 spiro atoms. The first-order valence-electron chi connectivity index (χ1n) is 8.06. The molecule has 0 aliphatic heterocycles. The fourth-order valence-corrected chi connectivity index (χ4v) is 3.08. The number of nitrogens with two attached hydrogens (primary N) is 1. The van der Waals surface area contributed by atoms with Crippen molar-refractivity contribution in [1.29, 1.82) is 0 Å². The smallest absolute Gasteiger partial charge is 0.0114 e. The molecule has 2 aromatic carbocycles. The highest BCUT2D eigenvalue weighted by Gasteiger charge is 2.24. The lowest BCUT2D eigenvalue weighted by molar-refractivity contribution is 0.368. The van der Waals surface area contributed by atoms with Crippen molar-refractivity contribution in [3.05, 3.63) is 71.8 Å². The lowest BCUT2D eigenvalue weighted by Gasteiger charge is -2.29. The maximum Gasteiger partial charge on any atom is 0.0114 e. The second kappa shape index (κ2) is 7.99. The van der Waals surface area contributed by atoms with Gasteiger partial charge in [-0.25, -0.2) is 0 Å². The predicted octanol–water partition coefficient (Wildman–Crippen LogP) is 4.78. The van der Waals surface area contributed by atoms with Crippen molar-refractivity contribution >= 4 is 0 Å². The molecule has 21 heavy (non-hydrogen) atoms. The molecule has 112 valence electrons. The second-order valence-electron chi connectivity index (χ2n) is 6.01. The highest BCUT2D eigenvalue weighted by Crippen LogP contribution is 2.31. The molecule has 0 bridgehead atoms. The summed E-state index contributed by atoms with van der Waals surface area (Å²) in [5.41, 5.74) is 9.33. The second-order valence-corrected chi connectivity index (χ2v) is 6.01. The van der Waals surface area contributed by atoms with Crippen LogP contribution in [0.1, 0.15) is 43.7 Å². The third-order valence-electron chi connectivity index (χ3n) is 4.51. The summed E-state index contributed by atoms with van der Waals surface area (Å²) in [5.74, 6) is 1.05. The van der Waals surface area contributed by atoms with Gasteiger partial charge in [0.1, 0.15) is 0 Å². The van der Waals surface area contributed by atoms with E-state index in [1.807, 2.05) is 0 Å². The van der Waals surface area contributed by atoms with E-state index in [-0.39, 0.29) is 6.04 Å². The van der Waals surface area contributed by atoms with E-state index in [1.54, 1.807) is 0 Å². The van der Waals surface area contributed by atoms with Crippen LogP contribution in [0.15, 0.2) is 60.7 Å². The van der Waals surface area contributed by atoms with Gasteiger partial charge in [0, 0.05) is 12.0 Å². The van der Waals surface area contributed by atoms with E-state index in [1.165, 1.54) is 17.5 Å². The molecule has 0 aromatic heterocycles. The van der Waals surface area contributed by atoms with Crippen LogP contribution in [-0.2, 0) is 6.42 Å². The van der Waals surface area contributed by atoms with E-state index in [2.05, 4.69) is 74.5 Å². The maximum atomic E-state index is 6.57. The molecule has 0 fully saturated rings. The fraction of sp³-hybridized carbons (Fsp3) is 0.400. The average Bonchev–Trinajstić information content (AvgIpc) is 2.55. The van der Waals surface area contributed by atoms with Crippen molar-refractivity contribution in [1.82, 2.24) is 0 Å². The molecule has 0 radical (unpaired) electrons. The zero-order valence-corrected chi connectivity index (χ0v) is 13.2. The minimum atomic E-state index is 0.211. The van der Waals surface area contributed by atoms with Crippen LogP contribution in [0, 0.1) is 5.92 Å². The Hall–Kier alpha value is -1.60. The van der Waals surface area contributed by atoms with Crippen LogP contribution < -0.4 is 5.73 Å². The number of benzene rings is 2. The normalized spacial score (nSPS) is 15.4. The third-order valence-corrected chi connectivity index (χ3v) is 4.51. The Kier molecular flexibility index (Phi) is 6.01. The van der Waals surface area contributed by atoms with E-state index in [4.69, 9.17) is 5.73 Å². The van der Waals surface area contributed by atoms with Crippen LogP contribution in [-0.4, -0.2) is 6.04 Å². The summed E-state index contributed by atoms with van der Waals surface area (Å²) >= 11 is 0. The van der Waals surface area contributed by atoms with Crippen LogP contribution in [0.2, 0.25) is 0 Å². The summed E-state index contributed by atoms with van der Waals surface area (Å²) in [7, 11) is 0. The average molecular weight is 281 g/mol. The van der Waals surface area contributed by atoms with Crippen molar-refractivity contribution < 1.29 is 0 Å². The van der Waals surface area contributed by atoms with Gasteiger partial charge in [-0.3, -0.25) is 0 Å². The molecule has 1 heteroatoms. The first-order valence-corrected chi connectivity index (χ1v) is 8.06. The highest BCUT2D eigenvalue weighted by molar-refractivity contribution is 5.22. The van der Waals surface area contributed by atoms with E-state index >= 15 is 0 Å². The number of rotatable bonds is 7. The Morgan fingerprint density at radius 1 is 0.905 bits per heavy atom. The predicted molar refractivity (Wildman–Crippen MR) is 91.4 cm³/mol. The summed E-state index contributed by atoms with van der Waals surface area (Å²) in [4.78, 5) is 0. The summed E-state index contributed by atoms with van der Waals surface area (Å²) in [6, 6.07) is 21.6. The summed E-state index contributed by atoms with van der Waals surface area (Å²) < 4.78 is 0. The summed E-state index contributed by atoms with van der Waals surface area (Å²) in [6.45, 7) is 4.57. The fourth-order valence-electron chi connectivity index (χ4n) is 3.08. The van der Waals surface area contributed by atoms with Crippen molar-refractivity contribution in [3.63, 3.8) is 0 Å². The van der Waals surface area contributed by atoms with Crippen LogP contribution in [0.5, 0.6) is 0 Å². The highest BCUT2D eigenvalue weighted by atomic mass is 14.7. The molecule has 0 aliphatic carbocycles. The molecule has 2 rings (SSSR count). The van der Waals surface area contributed by atoms with Gasteiger partial charge in [0.25, 0.3) is 0 Å². The quantitative estimate of drug-likeness (QED) is 0.777. The molecule has 2 aromatic rings. The van der Waals surface area contributed by atoms with Gasteiger partial charge in [0.2, 0.25) is 0 Å².